The van der Waals surface area contributed by atoms with Gasteiger partial charge in [0.15, 0.2) is 0 Å². The van der Waals surface area contributed by atoms with E-state index in [1.165, 1.54) is 6.20 Å². The van der Waals surface area contributed by atoms with Crippen LogP contribution >= 0.6 is 0 Å². The lowest BCUT2D eigenvalue weighted by atomic mass is 10.3. The summed E-state index contributed by atoms with van der Waals surface area (Å²) in [6.07, 6.45) is 2.95. The Hall–Kier alpha value is -2.26. The van der Waals surface area contributed by atoms with Gasteiger partial charge in [0.25, 0.3) is 5.89 Å². The molecule has 0 fully saturated rings. The zero-order valence-corrected chi connectivity index (χ0v) is 9.13. The summed E-state index contributed by atoms with van der Waals surface area (Å²) in [5.74, 6) is 0.915. The largest absolute Gasteiger partial charge is 0.419 e. The summed E-state index contributed by atoms with van der Waals surface area (Å²) in [6, 6.07) is 5.33. The third kappa shape index (κ3) is 2.65. The van der Waals surface area contributed by atoms with Crippen molar-refractivity contribution in [3.8, 4) is 17.7 Å². The zero-order chi connectivity index (χ0) is 12.1. The molecule has 0 radical (unpaired) electrons. The van der Waals surface area contributed by atoms with Gasteiger partial charge in [-0.25, -0.2) is 4.98 Å². The van der Waals surface area contributed by atoms with E-state index in [1.54, 1.807) is 12.1 Å². The van der Waals surface area contributed by atoms with E-state index in [1.807, 2.05) is 6.07 Å². The Morgan fingerprint density at radius 2 is 2.24 bits per heavy atom. The van der Waals surface area contributed by atoms with Crippen LogP contribution in [0.5, 0.6) is 0 Å². The second-order valence-electron chi connectivity index (χ2n) is 3.44. The first kappa shape index (κ1) is 11.2. The van der Waals surface area contributed by atoms with Crippen molar-refractivity contribution in [2.45, 2.75) is 12.8 Å². The first-order valence-electron chi connectivity index (χ1n) is 5.22. The van der Waals surface area contributed by atoms with Gasteiger partial charge in [0, 0.05) is 12.6 Å². The molecule has 86 valence electrons. The van der Waals surface area contributed by atoms with E-state index < -0.39 is 0 Å². The molecule has 0 saturated carbocycles. The molecule has 0 aliphatic heterocycles. The normalized spacial score (nSPS) is 10.1. The van der Waals surface area contributed by atoms with Crippen LogP contribution < -0.4 is 5.73 Å². The number of rotatable bonds is 4. The van der Waals surface area contributed by atoms with Gasteiger partial charge in [-0.05, 0) is 25.1 Å². The molecule has 6 nitrogen and oxygen atoms in total. The first-order chi connectivity index (χ1) is 8.33. The molecule has 0 aromatic carbocycles. The molecule has 0 bridgehead atoms. The lowest BCUT2D eigenvalue weighted by molar-refractivity contribution is 0.497. The quantitative estimate of drug-likeness (QED) is 0.835. The summed E-state index contributed by atoms with van der Waals surface area (Å²) in [6.45, 7) is 0.590. The van der Waals surface area contributed by atoms with E-state index >= 15 is 0 Å². The minimum atomic E-state index is 0.363. The van der Waals surface area contributed by atoms with E-state index in [2.05, 4.69) is 15.2 Å². The summed E-state index contributed by atoms with van der Waals surface area (Å²) < 4.78 is 5.42. The molecule has 2 N–H and O–H groups in total. The maximum atomic E-state index is 8.65. The Balaban J connectivity index is 2.16. The highest BCUT2D eigenvalue weighted by Gasteiger charge is 2.09. The van der Waals surface area contributed by atoms with E-state index in [9.17, 15) is 0 Å². The van der Waals surface area contributed by atoms with E-state index in [4.69, 9.17) is 15.4 Å². The highest BCUT2D eigenvalue weighted by atomic mass is 16.4. The molecule has 0 aliphatic carbocycles. The summed E-state index contributed by atoms with van der Waals surface area (Å²) in [5.41, 5.74) is 6.46. The minimum Gasteiger partial charge on any atom is -0.419 e. The second kappa shape index (κ2) is 5.18. The molecule has 6 heteroatoms. The molecular formula is C11H11N5O. The average Bonchev–Trinajstić information content (AvgIpc) is 2.85. The zero-order valence-electron chi connectivity index (χ0n) is 9.13. The minimum absolute atomic E-state index is 0.363. The summed E-state index contributed by atoms with van der Waals surface area (Å²) in [4.78, 5) is 4.07. The topological polar surface area (TPSA) is 102 Å². The van der Waals surface area contributed by atoms with Crippen molar-refractivity contribution < 1.29 is 4.42 Å². The molecule has 17 heavy (non-hydrogen) atoms. The summed E-state index contributed by atoms with van der Waals surface area (Å²) >= 11 is 0. The van der Waals surface area contributed by atoms with Crippen molar-refractivity contribution in [1.82, 2.24) is 15.2 Å². The van der Waals surface area contributed by atoms with Gasteiger partial charge in [-0.2, -0.15) is 5.26 Å². The number of aromatic nitrogens is 3. The Morgan fingerprint density at radius 1 is 1.35 bits per heavy atom. The number of hydrogen-bond acceptors (Lipinski definition) is 6. The first-order valence-corrected chi connectivity index (χ1v) is 5.22. The van der Waals surface area contributed by atoms with Crippen LogP contribution in [0.2, 0.25) is 0 Å². The van der Waals surface area contributed by atoms with Crippen LogP contribution in [0, 0.1) is 11.3 Å². The molecular weight excluding hydrogens is 218 g/mol. The number of pyridine rings is 1. The fraction of sp³-hybridized carbons (Fsp3) is 0.273. The van der Waals surface area contributed by atoms with Gasteiger partial charge in [-0.15, -0.1) is 10.2 Å². The molecule has 0 aliphatic rings. The highest BCUT2D eigenvalue weighted by molar-refractivity contribution is 5.47. The Labute approximate surface area is 98.1 Å². The monoisotopic (exact) mass is 229 g/mol. The third-order valence-electron chi connectivity index (χ3n) is 2.17. The predicted octanol–water partition coefficient (Wildman–Crippen LogP) is 0.895. The van der Waals surface area contributed by atoms with Crippen molar-refractivity contribution >= 4 is 0 Å². The lowest BCUT2D eigenvalue weighted by Gasteiger charge is -1.93. The van der Waals surface area contributed by atoms with E-state index in [-0.39, 0.29) is 0 Å². The van der Waals surface area contributed by atoms with Crippen LogP contribution in [0.4, 0.5) is 0 Å². The fourth-order valence-corrected chi connectivity index (χ4v) is 1.30. The molecule has 2 rings (SSSR count). The Bertz CT molecular complexity index is 526. The van der Waals surface area contributed by atoms with E-state index in [0.717, 1.165) is 6.42 Å². The summed E-state index contributed by atoms with van der Waals surface area (Å²) in [5, 5.41) is 16.4. The van der Waals surface area contributed by atoms with Crippen molar-refractivity contribution in [3.63, 3.8) is 0 Å². The lowest BCUT2D eigenvalue weighted by Crippen LogP contribution is -2.00. The molecule has 0 saturated heterocycles. The number of aryl methyl sites for hydroxylation is 1. The number of nitriles is 1. The number of hydrogen-bond donors (Lipinski definition) is 1. The smallest absolute Gasteiger partial charge is 0.266 e. The average molecular weight is 229 g/mol. The van der Waals surface area contributed by atoms with Crippen LogP contribution in [0.3, 0.4) is 0 Å². The maximum absolute atomic E-state index is 8.65. The fourth-order valence-electron chi connectivity index (χ4n) is 1.30. The number of nitrogens with two attached hydrogens (primary N) is 1. The number of nitrogens with zero attached hydrogens (tertiary/aromatic N) is 4. The standard InChI is InChI=1S/C11H11N5O/c12-5-1-2-10-15-16-11(17-10)9-4-3-8(6-13)7-14-9/h3-4,7H,1-2,5,12H2. The van der Waals surface area contributed by atoms with Crippen molar-refractivity contribution in [1.29, 1.82) is 5.26 Å². The van der Waals surface area contributed by atoms with Gasteiger partial charge in [0.1, 0.15) is 11.8 Å². The van der Waals surface area contributed by atoms with Gasteiger partial charge >= 0.3 is 0 Å². The van der Waals surface area contributed by atoms with Crippen LogP contribution in [0.25, 0.3) is 11.6 Å². The van der Waals surface area contributed by atoms with Crippen molar-refractivity contribution in [3.05, 3.63) is 29.8 Å². The van der Waals surface area contributed by atoms with Gasteiger partial charge in [0.2, 0.25) is 5.89 Å². The molecule has 2 aromatic heterocycles. The van der Waals surface area contributed by atoms with Crippen molar-refractivity contribution in [2.24, 2.45) is 5.73 Å². The molecule has 0 unspecified atom stereocenters. The van der Waals surface area contributed by atoms with Gasteiger partial charge < -0.3 is 10.2 Å². The van der Waals surface area contributed by atoms with Gasteiger partial charge in [-0.1, -0.05) is 0 Å². The second-order valence-corrected chi connectivity index (χ2v) is 3.44. The van der Waals surface area contributed by atoms with Crippen LogP contribution in [0.15, 0.2) is 22.7 Å². The van der Waals surface area contributed by atoms with E-state index in [0.29, 0.717) is 36.0 Å². The molecule has 0 spiro atoms. The molecule has 2 aromatic rings. The van der Waals surface area contributed by atoms with Crippen LogP contribution in [-0.4, -0.2) is 21.7 Å². The van der Waals surface area contributed by atoms with Gasteiger partial charge in [-0.3, -0.25) is 0 Å². The Morgan fingerprint density at radius 3 is 2.88 bits per heavy atom. The highest BCUT2D eigenvalue weighted by Crippen LogP contribution is 2.15. The third-order valence-corrected chi connectivity index (χ3v) is 2.17. The SMILES string of the molecule is N#Cc1ccc(-c2nnc(CCCN)o2)nc1. The van der Waals surface area contributed by atoms with Crippen LogP contribution in [-0.2, 0) is 6.42 Å². The molecule has 0 atom stereocenters. The summed E-state index contributed by atoms with van der Waals surface area (Å²) in [7, 11) is 0. The maximum Gasteiger partial charge on any atom is 0.266 e. The van der Waals surface area contributed by atoms with Crippen LogP contribution in [0.1, 0.15) is 17.9 Å². The Kier molecular flexibility index (Phi) is 3.43. The molecule has 0 amide bonds. The van der Waals surface area contributed by atoms with Gasteiger partial charge in [0.05, 0.1) is 5.56 Å². The van der Waals surface area contributed by atoms with Crippen molar-refractivity contribution in [2.75, 3.05) is 6.54 Å². The predicted molar refractivity (Wildman–Crippen MR) is 59.6 cm³/mol. The molecule has 2 heterocycles.